The van der Waals surface area contributed by atoms with Crippen molar-refractivity contribution < 1.29 is 9.13 Å². The van der Waals surface area contributed by atoms with Crippen LogP contribution in [0.25, 0.3) is 0 Å². The van der Waals surface area contributed by atoms with Crippen molar-refractivity contribution in [1.29, 1.82) is 0 Å². The van der Waals surface area contributed by atoms with Gasteiger partial charge in [-0.15, -0.1) is 0 Å². The van der Waals surface area contributed by atoms with Gasteiger partial charge in [-0.2, -0.15) is 0 Å². The first-order valence-electron chi connectivity index (χ1n) is 12.0. The maximum Gasteiger partial charge on any atom is 0.421 e. The average molecular weight is 487 g/mol. The number of aryl methyl sites for hydroxylation is 4. The number of unbranched alkanes of at least 4 members (excludes halogenated alkanes) is 1. The molecular formula is C26H34N10+2. The molecule has 2 aromatic carbocycles. The van der Waals surface area contributed by atoms with E-state index in [2.05, 4.69) is 31.1 Å². The number of aromatic nitrogens is 4. The van der Waals surface area contributed by atoms with E-state index in [4.69, 9.17) is 0 Å². The molecular weight excluding hydrogens is 452 g/mol. The Morgan fingerprint density at radius 2 is 1.00 bits per heavy atom. The highest BCUT2D eigenvalue weighted by Gasteiger charge is 2.11. The normalized spacial score (nSPS) is 11.6. The molecule has 0 aliphatic rings. The summed E-state index contributed by atoms with van der Waals surface area (Å²) in [5, 5.41) is 24.2. The highest BCUT2D eigenvalue weighted by atomic mass is 15.3. The molecule has 0 aliphatic carbocycles. The summed E-state index contributed by atoms with van der Waals surface area (Å²) < 4.78 is 7.73. The Hall–Kier alpha value is -4.34. The molecule has 0 saturated carbocycles. The first-order chi connectivity index (χ1) is 17.5. The van der Waals surface area contributed by atoms with Crippen molar-refractivity contribution in [2.45, 2.75) is 12.8 Å². The van der Waals surface area contributed by atoms with Crippen LogP contribution in [-0.4, -0.2) is 22.2 Å². The minimum absolute atomic E-state index is 0.796. The van der Waals surface area contributed by atoms with Gasteiger partial charge in [0.05, 0.1) is 53.0 Å². The molecule has 2 N–H and O–H groups in total. The number of hydrogen-bond acceptors (Lipinski definition) is 6. The number of nitrogens with one attached hydrogen (secondary N) is 2. The molecule has 0 aliphatic heterocycles. The number of nitrogens with zero attached hydrogens (tertiary/aromatic N) is 8. The van der Waals surface area contributed by atoms with Gasteiger partial charge in [0, 0.05) is 34.7 Å². The molecule has 0 bridgehead atoms. The molecule has 0 spiro atoms. The Morgan fingerprint density at radius 1 is 0.611 bits per heavy atom. The van der Waals surface area contributed by atoms with Crippen LogP contribution in [0.1, 0.15) is 12.8 Å². The van der Waals surface area contributed by atoms with Crippen molar-refractivity contribution in [3.63, 3.8) is 0 Å². The summed E-state index contributed by atoms with van der Waals surface area (Å²) in [6.45, 7) is 1.83. The third-order valence-electron chi connectivity index (χ3n) is 5.80. The second-order valence-electron chi connectivity index (χ2n) is 8.69. The highest BCUT2D eigenvalue weighted by molar-refractivity contribution is 5.51. The smallest absolute Gasteiger partial charge is 0.385 e. The van der Waals surface area contributed by atoms with E-state index in [1.807, 2.05) is 120 Å². The van der Waals surface area contributed by atoms with E-state index in [0.717, 1.165) is 60.6 Å². The third-order valence-corrected chi connectivity index (χ3v) is 5.80. The molecule has 186 valence electrons. The molecule has 4 aromatic rings. The van der Waals surface area contributed by atoms with Crippen LogP contribution in [-0.2, 0) is 28.2 Å². The fraction of sp³-hybridized carbons (Fsp3) is 0.308. The van der Waals surface area contributed by atoms with E-state index in [-0.39, 0.29) is 0 Å². The monoisotopic (exact) mass is 486 g/mol. The summed E-state index contributed by atoms with van der Waals surface area (Å²) in [6.07, 6.45) is 9.94. The number of benzene rings is 2. The van der Waals surface area contributed by atoms with Gasteiger partial charge in [-0.25, -0.2) is 18.3 Å². The van der Waals surface area contributed by atoms with Gasteiger partial charge < -0.3 is 10.6 Å². The predicted molar refractivity (Wildman–Crippen MR) is 141 cm³/mol. The summed E-state index contributed by atoms with van der Waals surface area (Å²) in [5.41, 5.74) is 3.82. The van der Waals surface area contributed by atoms with Crippen molar-refractivity contribution in [2.24, 2.45) is 48.6 Å². The zero-order valence-corrected chi connectivity index (χ0v) is 21.3. The van der Waals surface area contributed by atoms with Gasteiger partial charge in [0.2, 0.25) is 0 Å². The van der Waals surface area contributed by atoms with Crippen LogP contribution >= 0.6 is 0 Å². The summed E-state index contributed by atoms with van der Waals surface area (Å²) in [4.78, 5) is 0. The molecule has 0 atom stereocenters. The Bertz CT molecular complexity index is 1170. The lowest BCUT2D eigenvalue weighted by molar-refractivity contribution is -0.657. The molecule has 36 heavy (non-hydrogen) atoms. The quantitative estimate of drug-likeness (QED) is 0.174. The largest absolute Gasteiger partial charge is 0.421 e. The van der Waals surface area contributed by atoms with E-state index in [0.29, 0.717) is 0 Å². The van der Waals surface area contributed by atoms with E-state index in [9.17, 15) is 0 Å². The zero-order chi connectivity index (χ0) is 25.3. The molecule has 2 heterocycles. The maximum absolute atomic E-state index is 4.33. The van der Waals surface area contributed by atoms with Crippen molar-refractivity contribution in [3.05, 3.63) is 73.3 Å². The predicted octanol–water partition coefficient (Wildman–Crippen LogP) is 5.15. The van der Waals surface area contributed by atoms with Gasteiger partial charge in [-0.05, 0) is 61.4 Å². The molecule has 0 fully saturated rings. The first-order valence-corrected chi connectivity index (χ1v) is 12.0. The van der Waals surface area contributed by atoms with Gasteiger partial charge in [-0.3, -0.25) is 0 Å². The molecule has 0 amide bonds. The van der Waals surface area contributed by atoms with E-state index in [1.54, 1.807) is 0 Å². The van der Waals surface area contributed by atoms with Crippen LogP contribution in [0.15, 0.2) is 93.8 Å². The molecule has 0 saturated heterocycles. The number of rotatable bonds is 11. The van der Waals surface area contributed by atoms with Crippen LogP contribution in [0.3, 0.4) is 0 Å². The van der Waals surface area contributed by atoms with Gasteiger partial charge >= 0.3 is 11.9 Å². The Labute approximate surface area is 211 Å². The molecule has 4 rings (SSSR count). The van der Waals surface area contributed by atoms with E-state index in [1.165, 1.54) is 0 Å². The van der Waals surface area contributed by atoms with Crippen LogP contribution in [0.2, 0.25) is 0 Å². The third kappa shape index (κ3) is 6.62. The lowest BCUT2D eigenvalue weighted by Gasteiger charge is -2.08. The number of hydrogen-bond donors (Lipinski definition) is 2. The number of imidazole rings is 2. The van der Waals surface area contributed by atoms with Gasteiger partial charge in [0.25, 0.3) is 0 Å². The molecule has 10 heteroatoms. The summed E-state index contributed by atoms with van der Waals surface area (Å²) >= 11 is 0. The van der Waals surface area contributed by atoms with E-state index < -0.39 is 0 Å². The lowest BCUT2D eigenvalue weighted by Crippen LogP contribution is -2.25. The van der Waals surface area contributed by atoms with Crippen molar-refractivity contribution >= 4 is 34.6 Å². The minimum Gasteiger partial charge on any atom is -0.385 e. The van der Waals surface area contributed by atoms with Crippen molar-refractivity contribution in [2.75, 3.05) is 23.7 Å². The first kappa shape index (κ1) is 24.8. The fourth-order valence-corrected chi connectivity index (χ4v) is 3.66. The number of azo groups is 2. The topological polar surface area (TPSA) is 91.1 Å². The van der Waals surface area contributed by atoms with Crippen molar-refractivity contribution in [3.8, 4) is 0 Å². The molecule has 10 nitrogen and oxygen atoms in total. The standard InChI is InChI=1S/C26H32N10/c1-33-17-18-34(2)25(33)31-29-23-11-7-21(8-12-23)27-15-5-6-16-28-22-9-13-24(14-10-22)30-32-26-35(3)19-20-36(26)4/h7-14,17-20H,5-6,15-16H2,1-4H3/p+2. The zero-order valence-electron chi connectivity index (χ0n) is 21.3. The van der Waals surface area contributed by atoms with E-state index >= 15 is 0 Å². The SMILES string of the molecule is Cn1cc[n+](C)c1N=Nc1ccc(NCCCCNc2ccc(N=Nc3n(C)cc[n+]3C)cc2)cc1. The van der Waals surface area contributed by atoms with Crippen LogP contribution in [0.5, 0.6) is 0 Å². The Morgan fingerprint density at radius 3 is 1.33 bits per heavy atom. The average Bonchev–Trinajstić information content (AvgIpc) is 3.39. The highest BCUT2D eigenvalue weighted by Crippen LogP contribution is 2.20. The Balaban J connectivity index is 1.14. The second-order valence-corrected chi connectivity index (χ2v) is 8.69. The molecule has 2 aromatic heterocycles. The maximum atomic E-state index is 4.33. The van der Waals surface area contributed by atoms with Gasteiger partial charge in [0.1, 0.15) is 11.4 Å². The number of anilines is 2. The minimum atomic E-state index is 0.796. The summed E-state index contributed by atoms with van der Waals surface area (Å²) in [7, 11) is 7.81. The lowest BCUT2D eigenvalue weighted by atomic mass is 10.2. The Kier molecular flexibility index (Phi) is 8.17. The second kappa shape index (κ2) is 11.9. The van der Waals surface area contributed by atoms with Gasteiger partial charge in [0.15, 0.2) is 0 Å². The summed E-state index contributed by atoms with van der Waals surface area (Å²) in [6, 6.07) is 16.0. The molecule has 0 unspecified atom stereocenters. The van der Waals surface area contributed by atoms with Gasteiger partial charge in [-0.1, -0.05) is 10.2 Å². The van der Waals surface area contributed by atoms with Crippen LogP contribution < -0.4 is 19.8 Å². The van der Waals surface area contributed by atoms with Crippen LogP contribution in [0.4, 0.5) is 34.6 Å². The molecule has 0 radical (unpaired) electrons. The fourth-order valence-electron chi connectivity index (χ4n) is 3.66. The summed E-state index contributed by atoms with van der Waals surface area (Å²) in [5.74, 6) is 1.59. The van der Waals surface area contributed by atoms with Crippen molar-refractivity contribution in [1.82, 2.24) is 9.13 Å². The van der Waals surface area contributed by atoms with Crippen LogP contribution in [0, 0.1) is 0 Å².